The molecule has 0 unspecified atom stereocenters. The van der Waals surface area contributed by atoms with E-state index >= 15 is 0 Å². The first-order valence-corrected chi connectivity index (χ1v) is 6.21. The molecule has 16 heavy (non-hydrogen) atoms. The van der Waals surface area contributed by atoms with Crippen LogP contribution in [0, 0.1) is 0 Å². The fourth-order valence-corrected chi connectivity index (χ4v) is 2.73. The van der Waals surface area contributed by atoms with E-state index in [0.29, 0.717) is 0 Å². The van der Waals surface area contributed by atoms with Crippen molar-refractivity contribution in [1.29, 1.82) is 0 Å². The summed E-state index contributed by atoms with van der Waals surface area (Å²) in [6.07, 6.45) is 5.08. The molecule has 1 saturated carbocycles. The van der Waals surface area contributed by atoms with Gasteiger partial charge < -0.3 is 10.5 Å². The summed E-state index contributed by atoms with van der Waals surface area (Å²) in [5.74, 6) is 0. The van der Waals surface area contributed by atoms with E-state index in [1.807, 2.05) is 6.07 Å². The van der Waals surface area contributed by atoms with Crippen molar-refractivity contribution in [3.8, 4) is 0 Å². The number of hydrogen-bond donors (Lipinski definition) is 1. The molecule has 0 atom stereocenters. The maximum absolute atomic E-state index is 5.87. The minimum absolute atomic E-state index is 0.228. The summed E-state index contributed by atoms with van der Waals surface area (Å²) in [6.45, 7) is 3.69. The smallest absolute Gasteiger partial charge is 0.0562 e. The zero-order valence-electron chi connectivity index (χ0n) is 10.0. The first-order valence-electron chi connectivity index (χ1n) is 6.21. The Morgan fingerprint density at radius 1 is 1.31 bits per heavy atom. The monoisotopic (exact) mass is 219 g/mol. The summed E-state index contributed by atoms with van der Waals surface area (Å²) in [4.78, 5) is 0. The van der Waals surface area contributed by atoms with Gasteiger partial charge in [0.1, 0.15) is 0 Å². The van der Waals surface area contributed by atoms with E-state index in [9.17, 15) is 0 Å². The van der Waals surface area contributed by atoms with Crippen LogP contribution in [0.25, 0.3) is 0 Å². The van der Waals surface area contributed by atoms with Crippen LogP contribution < -0.4 is 5.73 Å². The number of nitrogens with two attached hydrogens (primary N) is 1. The molecule has 1 aliphatic rings. The van der Waals surface area contributed by atoms with E-state index in [2.05, 4.69) is 25.1 Å². The zero-order valence-corrected chi connectivity index (χ0v) is 10.0. The Kier molecular flexibility index (Phi) is 3.49. The van der Waals surface area contributed by atoms with Crippen LogP contribution in [-0.2, 0) is 10.2 Å². The number of benzene rings is 1. The fraction of sp³-hybridized carbons (Fsp3) is 0.571. The molecule has 0 heterocycles. The summed E-state index contributed by atoms with van der Waals surface area (Å²) in [6, 6.07) is 8.31. The standard InChI is InChI=1S/C14H21NO/c1-2-16-11-14(8-3-4-9-14)12-6-5-7-13(15)10-12/h5-7,10H,2-4,8-9,11,15H2,1H3. The summed E-state index contributed by atoms with van der Waals surface area (Å²) in [7, 11) is 0. The highest BCUT2D eigenvalue weighted by Gasteiger charge is 2.35. The van der Waals surface area contributed by atoms with Crippen molar-refractivity contribution in [1.82, 2.24) is 0 Å². The lowest BCUT2D eigenvalue weighted by Crippen LogP contribution is -2.28. The van der Waals surface area contributed by atoms with Gasteiger partial charge in [-0.25, -0.2) is 0 Å². The van der Waals surface area contributed by atoms with Gasteiger partial charge in [0.15, 0.2) is 0 Å². The average Bonchev–Trinajstić information content (AvgIpc) is 2.76. The Morgan fingerprint density at radius 2 is 2.06 bits per heavy atom. The molecule has 0 aliphatic heterocycles. The molecule has 0 bridgehead atoms. The lowest BCUT2D eigenvalue weighted by Gasteiger charge is -2.29. The molecule has 1 fully saturated rings. The number of nitrogen functional groups attached to an aromatic ring is 1. The number of hydrogen-bond acceptors (Lipinski definition) is 2. The normalized spacial score (nSPS) is 18.8. The van der Waals surface area contributed by atoms with Crippen molar-refractivity contribution in [2.75, 3.05) is 18.9 Å². The molecule has 2 nitrogen and oxygen atoms in total. The highest BCUT2D eigenvalue weighted by molar-refractivity contribution is 5.43. The second kappa shape index (κ2) is 4.88. The molecule has 0 radical (unpaired) electrons. The van der Waals surface area contributed by atoms with Crippen molar-refractivity contribution in [3.63, 3.8) is 0 Å². The molecule has 0 aromatic heterocycles. The Hall–Kier alpha value is -1.02. The van der Waals surface area contributed by atoms with Crippen LogP contribution in [-0.4, -0.2) is 13.2 Å². The van der Waals surface area contributed by atoms with Gasteiger partial charge in [0.25, 0.3) is 0 Å². The van der Waals surface area contributed by atoms with Gasteiger partial charge >= 0.3 is 0 Å². The fourth-order valence-electron chi connectivity index (χ4n) is 2.73. The Morgan fingerprint density at radius 3 is 2.69 bits per heavy atom. The summed E-state index contributed by atoms with van der Waals surface area (Å²) < 4.78 is 5.67. The van der Waals surface area contributed by atoms with Gasteiger partial charge in [-0.3, -0.25) is 0 Å². The van der Waals surface area contributed by atoms with E-state index in [1.165, 1.54) is 31.2 Å². The van der Waals surface area contributed by atoms with Crippen LogP contribution >= 0.6 is 0 Å². The highest BCUT2D eigenvalue weighted by atomic mass is 16.5. The molecule has 1 aromatic carbocycles. The first-order chi connectivity index (χ1) is 7.77. The minimum Gasteiger partial charge on any atom is -0.399 e. The molecule has 2 N–H and O–H groups in total. The van der Waals surface area contributed by atoms with E-state index in [1.54, 1.807) is 0 Å². The summed E-state index contributed by atoms with van der Waals surface area (Å²) in [5.41, 5.74) is 8.32. The van der Waals surface area contributed by atoms with Gasteiger partial charge in [0, 0.05) is 17.7 Å². The SMILES string of the molecule is CCOCC1(c2cccc(N)c2)CCCC1. The highest BCUT2D eigenvalue weighted by Crippen LogP contribution is 2.41. The zero-order chi connectivity index (χ0) is 11.4. The largest absolute Gasteiger partial charge is 0.399 e. The van der Waals surface area contributed by atoms with Gasteiger partial charge in [0.2, 0.25) is 0 Å². The predicted molar refractivity (Wildman–Crippen MR) is 67.5 cm³/mol. The second-order valence-electron chi connectivity index (χ2n) is 4.75. The predicted octanol–water partition coefficient (Wildman–Crippen LogP) is 3.12. The van der Waals surface area contributed by atoms with Crippen LogP contribution in [0.4, 0.5) is 5.69 Å². The number of rotatable bonds is 4. The minimum atomic E-state index is 0.228. The van der Waals surface area contributed by atoms with Gasteiger partial charge in [-0.1, -0.05) is 25.0 Å². The second-order valence-corrected chi connectivity index (χ2v) is 4.75. The van der Waals surface area contributed by atoms with Crippen molar-refractivity contribution in [3.05, 3.63) is 29.8 Å². The molecular weight excluding hydrogens is 198 g/mol. The molecule has 0 amide bonds. The average molecular weight is 219 g/mol. The maximum atomic E-state index is 5.87. The van der Waals surface area contributed by atoms with Gasteiger partial charge in [-0.15, -0.1) is 0 Å². The molecule has 2 heteroatoms. The third-order valence-electron chi connectivity index (χ3n) is 3.64. The maximum Gasteiger partial charge on any atom is 0.0562 e. The van der Waals surface area contributed by atoms with Crippen molar-refractivity contribution < 1.29 is 4.74 Å². The third-order valence-corrected chi connectivity index (χ3v) is 3.64. The Balaban J connectivity index is 2.24. The van der Waals surface area contributed by atoms with E-state index in [0.717, 1.165) is 18.9 Å². The Bertz CT molecular complexity index is 342. The molecule has 2 rings (SSSR count). The molecule has 0 spiro atoms. The van der Waals surface area contributed by atoms with Crippen LogP contribution in [0.1, 0.15) is 38.2 Å². The number of anilines is 1. The van der Waals surface area contributed by atoms with Crippen molar-refractivity contribution in [2.24, 2.45) is 0 Å². The lowest BCUT2D eigenvalue weighted by molar-refractivity contribution is 0.0936. The summed E-state index contributed by atoms with van der Waals surface area (Å²) in [5, 5.41) is 0. The topological polar surface area (TPSA) is 35.2 Å². The van der Waals surface area contributed by atoms with Crippen molar-refractivity contribution >= 4 is 5.69 Å². The van der Waals surface area contributed by atoms with Gasteiger partial charge in [-0.2, -0.15) is 0 Å². The van der Waals surface area contributed by atoms with E-state index in [4.69, 9.17) is 10.5 Å². The Labute approximate surface area is 97.8 Å². The van der Waals surface area contributed by atoms with Crippen LogP contribution in [0.15, 0.2) is 24.3 Å². The molecule has 1 aromatic rings. The summed E-state index contributed by atoms with van der Waals surface area (Å²) >= 11 is 0. The van der Waals surface area contributed by atoms with E-state index < -0.39 is 0 Å². The quantitative estimate of drug-likeness (QED) is 0.790. The van der Waals surface area contributed by atoms with Gasteiger partial charge in [0.05, 0.1) is 6.61 Å². The van der Waals surface area contributed by atoms with Crippen molar-refractivity contribution in [2.45, 2.75) is 38.0 Å². The molecular formula is C14H21NO. The third kappa shape index (κ3) is 2.22. The number of ether oxygens (including phenoxy) is 1. The van der Waals surface area contributed by atoms with Crippen LogP contribution in [0.3, 0.4) is 0 Å². The molecule has 0 saturated heterocycles. The van der Waals surface area contributed by atoms with Crippen LogP contribution in [0.5, 0.6) is 0 Å². The van der Waals surface area contributed by atoms with Gasteiger partial charge in [-0.05, 0) is 37.5 Å². The van der Waals surface area contributed by atoms with Crippen LogP contribution in [0.2, 0.25) is 0 Å². The first kappa shape index (κ1) is 11.5. The molecule has 1 aliphatic carbocycles. The van der Waals surface area contributed by atoms with E-state index in [-0.39, 0.29) is 5.41 Å². The molecule has 88 valence electrons. The lowest BCUT2D eigenvalue weighted by atomic mass is 9.79.